The van der Waals surface area contributed by atoms with E-state index in [1.807, 2.05) is 30.3 Å². The van der Waals surface area contributed by atoms with Gasteiger partial charge < -0.3 is 4.42 Å². The zero-order valence-electron chi connectivity index (χ0n) is 24.1. The van der Waals surface area contributed by atoms with E-state index in [1.54, 1.807) is 6.92 Å². The van der Waals surface area contributed by atoms with Crippen LogP contribution in [0.5, 0.6) is 0 Å². The van der Waals surface area contributed by atoms with Gasteiger partial charge in [0.25, 0.3) is 0 Å². The van der Waals surface area contributed by atoms with Gasteiger partial charge in [0.05, 0.1) is 17.5 Å². The molecule has 0 bridgehead atoms. The zero-order chi connectivity index (χ0) is 31.2. The van der Waals surface area contributed by atoms with Crippen molar-refractivity contribution in [3.63, 3.8) is 0 Å². The van der Waals surface area contributed by atoms with Gasteiger partial charge in [0.1, 0.15) is 23.0 Å². The molecule has 4 aromatic carbocycles. The minimum absolute atomic E-state index is 0.00659. The minimum atomic E-state index is -3.83. The fourth-order valence-corrected chi connectivity index (χ4v) is 6.30. The maximum Gasteiger partial charge on any atom is 0.229 e. The summed E-state index contributed by atoms with van der Waals surface area (Å²) in [6.45, 7) is 1.69. The lowest BCUT2D eigenvalue weighted by atomic mass is 9.88. The molecular formula is C35H29F2NO5S. The van der Waals surface area contributed by atoms with E-state index in [9.17, 15) is 22.4 Å². The molecule has 1 heterocycles. The van der Waals surface area contributed by atoms with Crippen LogP contribution in [0.4, 0.5) is 14.5 Å². The number of carbonyl (C=O) groups excluding carboxylic acids is 2. The highest BCUT2D eigenvalue weighted by Crippen LogP contribution is 2.51. The van der Waals surface area contributed by atoms with Crippen LogP contribution in [-0.2, 0) is 15.4 Å². The predicted molar refractivity (Wildman–Crippen MR) is 166 cm³/mol. The quantitative estimate of drug-likeness (QED) is 0.160. The summed E-state index contributed by atoms with van der Waals surface area (Å²) in [7, 11) is -3.83. The number of Topliss-reactive ketones (excluding diaryl/α,β-unsaturated/α-hetero) is 2. The van der Waals surface area contributed by atoms with Crippen LogP contribution in [0.1, 0.15) is 58.9 Å². The molecule has 0 spiro atoms. The Morgan fingerprint density at radius 1 is 0.886 bits per heavy atom. The first kappa shape index (κ1) is 29.4. The van der Waals surface area contributed by atoms with Gasteiger partial charge in [0.15, 0.2) is 11.6 Å². The summed E-state index contributed by atoms with van der Waals surface area (Å²) in [5.41, 5.74) is 2.12. The van der Waals surface area contributed by atoms with Crippen molar-refractivity contribution in [2.75, 3.05) is 11.0 Å². The Kier molecular flexibility index (Phi) is 7.45. The van der Waals surface area contributed by atoms with Gasteiger partial charge in [-0.1, -0.05) is 37.3 Å². The largest absolute Gasteiger partial charge is 0.455 e. The third-order valence-corrected chi connectivity index (χ3v) is 8.74. The summed E-state index contributed by atoms with van der Waals surface area (Å²) < 4.78 is 62.5. The average Bonchev–Trinajstić information content (AvgIpc) is 3.69. The third-order valence-electron chi connectivity index (χ3n) is 8.15. The van der Waals surface area contributed by atoms with Gasteiger partial charge in [0, 0.05) is 52.0 Å². The van der Waals surface area contributed by atoms with E-state index in [0.29, 0.717) is 10.9 Å². The van der Waals surface area contributed by atoms with Crippen LogP contribution in [0.15, 0.2) is 89.3 Å². The highest BCUT2D eigenvalue weighted by atomic mass is 32.2. The van der Waals surface area contributed by atoms with Crippen molar-refractivity contribution in [3.05, 3.63) is 113 Å². The van der Waals surface area contributed by atoms with E-state index in [2.05, 4.69) is 4.72 Å². The van der Waals surface area contributed by atoms with E-state index in [1.165, 1.54) is 54.6 Å². The molecule has 44 heavy (non-hydrogen) atoms. The summed E-state index contributed by atoms with van der Waals surface area (Å²) in [5, 5.41) is 0.336. The zero-order valence-corrected chi connectivity index (χ0v) is 24.9. The van der Waals surface area contributed by atoms with Gasteiger partial charge in [-0.3, -0.25) is 14.3 Å². The highest BCUT2D eigenvalue weighted by molar-refractivity contribution is 7.92. The number of sulfonamides is 1. The number of anilines is 1. The molecule has 0 radical (unpaired) electrons. The number of rotatable bonds is 10. The maximum absolute atomic E-state index is 15.6. The minimum Gasteiger partial charge on any atom is -0.455 e. The average molecular weight is 614 g/mol. The first-order valence-corrected chi connectivity index (χ1v) is 16.1. The molecule has 0 saturated heterocycles. The molecule has 6 nitrogen and oxygen atoms in total. The van der Waals surface area contributed by atoms with Crippen molar-refractivity contribution in [3.8, 4) is 22.5 Å². The van der Waals surface area contributed by atoms with Gasteiger partial charge in [-0.05, 0) is 66.9 Å². The molecule has 1 aliphatic rings. The Balaban J connectivity index is 1.50. The van der Waals surface area contributed by atoms with Crippen LogP contribution in [0, 0.1) is 11.6 Å². The third kappa shape index (κ3) is 5.67. The molecule has 6 rings (SSSR count). The fourth-order valence-electron chi connectivity index (χ4n) is 5.73. The molecular weight excluding hydrogens is 584 g/mol. The SMILES string of the molecule is CCC(=O)c1c(-c2ccc(F)cc2)oc2cc(NS(C)(=O)=O)c(-c3cc(C(=O)CC4(c5ccccc5)CC4)ccc3F)cc12. The van der Waals surface area contributed by atoms with Crippen molar-refractivity contribution < 1.29 is 31.2 Å². The topological polar surface area (TPSA) is 93.4 Å². The molecule has 1 aromatic heterocycles. The van der Waals surface area contributed by atoms with Gasteiger partial charge in [0.2, 0.25) is 10.0 Å². The lowest BCUT2D eigenvalue weighted by Crippen LogP contribution is -2.14. The van der Waals surface area contributed by atoms with Crippen LogP contribution in [0.2, 0.25) is 0 Å². The molecule has 0 aliphatic heterocycles. The maximum atomic E-state index is 15.6. The Bertz CT molecular complexity index is 2030. The van der Waals surface area contributed by atoms with Crippen LogP contribution in [0.3, 0.4) is 0 Å². The molecule has 9 heteroatoms. The number of halogens is 2. The second-order valence-corrected chi connectivity index (χ2v) is 13.0. The van der Waals surface area contributed by atoms with E-state index < -0.39 is 21.7 Å². The van der Waals surface area contributed by atoms with Crippen LogP contribution in [0.25, 0.3) is 33.4 Å². The highest BCUT2D eigenvalue weighted by Gasteiger charge is 2.45. The molecule has 0 amide bonds. The summed E-state index contributed by atoms with van der Waals surface area (Å²) in [6, 6.07) is 22.2. The number of fused-ring (bicyclic) bond motifs is 1. The normalized spacial score (nSPS) is 14.0. The number of carbonyl (C=O) groups is 2. The molecule has 1 N–H and O–H groups in total. The summed E-state index contributed by atoms with van der Waals surface area (Å²) in [6.07, 6.45) is 3.10. The lowest BCUT2D eigenvalue weighted by Gasteiger charge is -2.16. The van der Waals surface area contributed by atoms with Crippen molar-refractivity contribution in [1.82, 2.24) is 0 Å². The van der Waals surface area contributed by atoms with E-state index >= 15 is 4.39 Å². The van der Waals surface area contributed by atoms with Crippen molar-refractivity contribution in [1.29, 1.82) is 0 Å². The van der Waals surface area contributed by atoms with E-state index in [4.69, 9.17) is 4.42 Å². The van der Waals surface area contributed by atoms with Crippen LogP contribution < -0.4 is 4.72 Å². The predicted octanol–water partition coefficient (Wildman–Crippen LogP) is 8.31. The number of benzene rings is 4. The van der Waals surface area contributed by atoms with Crippen molar-refractivity contribution in [2.24, 2.45) is 0 Å². The molecule has 1 aliphatic carbocycles. The van der Waals surface area contributed by atoms with Crippen LogP contribution in [-0.4, -0.2) is 26.2 Å². The number of hydrogen-bond acceptors (Lipinski definition) is 5. The first-order chi connectivity index (χ1) is 21.0. The molecule has 1 fully saturated rings. The molecule has 0 unspecified atom stereocenters. The summed E-state index contributed by atoms with van der Waals surface area (Å²) >= 11 is 0. The molecule has 0 atom stereocenters. The van der Waals surface area contributed by atoms with Crippen LogP contribution >= 0.6 is 0 Å². The Morgan fingerprint density at radius 2 is 1.59 bits per heavy atom. The van der Waals surface area contributed by atoms with Gasteiger partial charge in [-0.2, -0.15) is 0 Å². The number of hydrogen-bond donors (Lipinski definition) is 1. The van der Waals surface area contributed by atoms with Gasteiger partial charge in [-0.15, -0.1) is 0 Å². The number of ketones is 2. The second kappa shape index (κ2) is 11.1. The number of nitrogens with one attached hydrogen (secondary N) is 1. The Labute approximate surface area is 253 Å². The summed E-state index contributed by atoms with van der Waals surface area (Å²) in [4.78, 5) is 26.8. The summed E-state index contributed by atoms with van der Waals surface area (Å²) in [5.74, 6) is -1.37. The smallest absolute Gasteiger partial charge is 0.229 e. The van der Waals surface area contributed by atoms with E-state index in [-0.39, 0.29) is 69.1 Å². The Hall–Kier alpha value is -4.63. The monoisotopic (exact) mass is 613 g/mol. The Morgan fingerprint density at radius 3 is 2.23 bits per heavy atom. The fraction of sp³-hybridized carbons (Fsp3) is 0.200. The van der Waals surface area contributed by atoms with Crippen molar-refractivity contribution in [2.45, 2.75) is 38.0 Å². The molecule has 1 saturated carbocycles. The van der Waals surface area contributed by atoms with Gasteiger partial charge in [-0.25, -0.2) is 17.2 Å². The number of furan rings is 1. The standard InChI is InChI=1S/C35H29F2NO5S/c1-3-30(39)33-27-18-26(29(38-44(2,41)42)19-32(27)43-34(33)21-9-12-24(36)13-10-21)25-17-22(11-14-28(25)37)31(40)20-35(15-16-35)23-7-5-4-6-8-23/h4-14,17-19,38H,3,15-16,20H2,1-2H3. The van der Waals surface area contributed by atoms with Crippen molar-refractivity contribution >= 4 is 38.2 Å². The first-order valence-electron chi connectivity index (χ1n) is 14.2. The van der Waals surface area contributed by atoms with E-state index in [0.717, 1.165) is 24.7 Å². The van der Waals surface area contributed by atoms with Gasteiger partial charge >= 0.3 is 0 Å². The second-order valence-electron chi connectivity index (χ2n) is 11.3. The lowest BCUT2D eigenvalue weighted by molar-refractivity contribution is 0.0967. The molecule has 5 aromatic rings. The molecule has 224 valence electrons.